The second kappa shape index (κ2) is 6.29. The van der Waals surface area contributed by atoms with Crippen molar-refractivity contribution >= 4 is 16.9 Å². The summed E-state index contributed by atoms with van der Waals surface area (Å²) >= 11 is 0. The molecule has 1 aliphatic heterocycles. The maximum Gasteiger partial charge on any atom is 0.206 e. The molecular weight excluding hydrogens is 373 g/mol. The van der Waals surface area contributed by atoms with Gasteiger partial charge in [0.25, 0.3) is 0 Å². The van der Waals surface area contributed by atoms with Crippen molar-refractivity contribution in [2.45, 2.75) is 18.6 Å². The van der Waals surface area contributed by atoms with Crippen molar-refractivity contribution in [2.75, 3.05) is 11.4 Å². The number of aromatic nitrogens is 7. The van der Waals surface area contributed by atoms with Gasteiger partial charge in [0.15, 0.2) is 11.5 Å². The largest absolute Gasteiger partial charge is 0.344 e. The standard InChI is InChI=1S/C17H13F3N8/c18-9-1-2-13(20)11(4-9)14-5-10(19)7-28(14)17-12-3-8(15-23-26-27-24-15)6-21-16(12)22-25-17/h1-4,6,10,14H,5,7H2,(H,21,22,25)(H,23,24,26,27)/t10-,14+/m0/s1. The molecule has 11 heteroatoms. The number of halogens is 3. The minimum absolute atomic E-state index is 0.00696. The van der Waals surface area contributed by atoms with Gasteiger partial charge in [-0.2, -0.15) is 10.3 Å². The summed E-state index contributed by atoms with van der Waals surface area (Å²) in [5.41, 5.74) is 1.16. The molecule has 3 aromatic heterocycles. The summed E-state index contributed by atoms with van der Waals surface area (Å²) < 4.78 is 42.3. The highest BCUT2D eigenvalue weighted by molar-refractivity contribution is 5.90. The summed E-state index contributed by atoms with van der Waals surface area (Å²) in [6.07, 6.45) is 0.390. The van der Waals surface area contributed by atoms with Gasteiger partial charge in [-0.25, -0.2) is 18.2 Å². The number of hydrogen-bond donors (Lipinski definition) is 2. The topological polar surface area (TPSA) is 99.3 Å². The van der Waals surface area contributed by atoms with E-state index >= 15 is 0 Å². The van der Waals surface area contributed by atoms with E-state index in [0.717, 1.165) is 18.2 Å². The summed E-state index contributed by atoms with van der Waals surface area (Å²) in [6, 6.07) is 4.24. The van der Waals surface area contributed by atoms with Crippen LogP contribution in [0.15, 0.2) is 30.5 Å². The van der Waals surface area contributed by atoms with Gasteiger partial charge in [0, 0.05) is 23.7 Å². The van der Waals surface area contributed by atoms with E-state index in [0.29, 0.717) is 28.2 Å². The van der Waals surface area contributed by atoms with Gasteiger partial charge in [0.2, 0.25) is 5.82 Å². The first-order chi connectivity index (χ1) is 13.6. The molecule has 1 fully saturated rings. The number of nitrogens with one attached hydrogen (secondary N) is 2. The summed E-state index contributed by atoms with van der Waals surface area (Å²) in [5.74, 6) is -0.414. The zero-order valence-electron chi connectivity index (χ0n) is 14.3. The highest BCUT2D eigenvalue weighted by atomic mass is 19.1. The van der Waals surface area contributed by atoms with E-state index in [2.05, 4.69) is 35.8 Å². The SMILES string of the molecule is Fc1ccc(F)c([C@H]2C[C@H](F)CN2c2n[nH]c3ncc(-c4nn[nH]n4)cc23)c1. The third-order valence-electron chi connectivity index (χ3n) is 4.84. The van der Waals surface area contributed by atoms with E-state index in [1.165, 1.54) is 0 Å². The number of pyridine rings is 1. The zero-order valence-corrected chi connectivity index (χ0v) is 14.3. The molecule has 1 saturated heterocycles. The highest BCUT2D eigenvalue weighted by Gasteiger charge is 2.37. The Hall–Kier alpha value is -3.50. The maximum atomic E-state index is 14.3. The number of hydrogen-bond acceptors (Lipinski definition) is 6. The van der Waals surface area contributed by atoms with Gasteiger partial charge in [-0.1, -0.05) is 0 Å². The minimum atomic E-state index is -1.20. The van der Waals surface area contributed by atoms with Crippen LogP contribution in [-0.4, -0.2) is 48.5 Å². The van der Waals surface area contributed by atoms with Crippen molar-refractivity contribution in [1.29, 1.82) is 0 Å². The molecule has 8 nitrogen and oxygen atoms in total. The van der Waals surface area contributed by atoms with Gasteiger partial charge in [0.1, 0.15) is 17.8 Å². The molecule has 142 valence electrons. The first-order valence-corrected chi connectivity index (χ1v) is 8.54. The zero-order chi connectivity index (χ0) is 19.3. The van der Waals surface area contributed by atoms with Gasteiger partial charge in [0.05, 0.1) is 18.0 Å². The van der Waals surface area contributed by atoms with Crippen LogP contribution in [0.3, 0.4) is 0 Å². The number of benzene rings is 1. The van der Waals surface area contributed by atoms with Crippen LogP contribution < -0.4 is 4.90 Å². The van der Waals surface area contributed by atoms with Gasteiger partial charge >= 0.3 is 0 Å². The van der Waals surface area contributed by atoms with Crippen LogP contribution in [0.5, 0.6) is 0 Å². The molecule has 1 aliphatic rings. The lowest BCUT2D eigenvalue weighted by Gasteiger charge is -2.25. The Bertz CT molecular complexity index is 1140. The van der Waals surface area contributed by atoms with Crippen LogP contribution in [0, 0.1) is 11.6 Å². The number of nitrogens with zero attached hydrogens (tertiary/aromatic N) is 6. The smallest absolute Gasteiger partial charge is 0.206 e. The molecule has 0 radical (unpaired) electrons. The second-order valence-electron chi connectivity index (χ2n) is 6.57. The number of fused-ring (bicyclic) bond motifs is 1. The molecule has 5 rings (SSSR count). The number of alkyl halides is 1. The third-order valence-corrected chi connectivity index (χ3v) is 4.84. The Labute approximate surface area is 155 Å². The number of aromatic amines is 2. The van der Waals surface area contributed by atoms with Crippen molar-refractivity contribution in [3.05, 3.63) is 47.7 Å². The molecular formula is C17H13F3N8. The van der Waals surface area contributed by atoms with Crippen molar-refractivity contribution in [1.82, 2.24) is 35.8 Å². The Morgan fingerprint density at radius 2 is 2.04 bits per heavy atom. The normalized spacial score (nSPS) is 19.6. The monoisotopic (exact) mass is 386 g/mol. The molecule has 2 N–H and O–H groups in total. The van der Waals surface area contributed by atoms with E-state index in [1.54, 1.807) is 17.2 Å². The summed E-state index contributed by atoms with van der Waals surface area (Å²) in [5, 5.41) is 21.4. The Morgan fingerprint density at radius 3 is 2.86 bits per heavy atom. The van der Waals surface area contributed by atoms with Crippen LogP contribution in [0.4, 0.5) is 19.0 Å². The molecule has 28 heavy (non-hydrogen) atoms. The van der Waals surface area contributed by atoms with E-state index < -0.39 is 23.8 Å². The first kappa shape index (κ1) is 16.7. The van der Waals surface area contributed by atoms with Crippen LogP contribution in [0.2, 0.25) is 0 Å². The van der Waals surface area contributed by atoms with Crippen LogP contribution in [0.1, 0.15) is 18.0 Å². The molecule has 0 amide bonds. The minimum Gasteiger partial charge on any atom is -0.344 e. The van der Waals surface area contributed by atoms with Crippen molar-refractivity contribution in [2.24, 2.45) is 0 Å². The number of H-pyrrole nitrogens is 2. The average molecular weight is 386 g/mol. The molecule has 1 aromatic carbocycles. The van der Waals surface area contributed by atoms with Gasteiger partial charge in [-0.15, -0.1) is 10.2 Å². The molecule has 0 spiro atoms. The van der Waals surface area contributed by atoms with E-state index in [9.17, 15) is 13.2 Å². The summed E-state index contributed by atoms with van der Waals surface area (Å²) in [4.78, 5) is 5.91. The fourth-order valence-electron chi connectivity index (χ4n) is 3.60. The van der Waals surface area contributed by atoms with Crippen LogP contribution >= 0.6 is 0 Å². The Kier molecular flexibility index (Phi) is 3.74. The number of anilines is 1. The third kappa shape index (κ3) is 2.66. The molecule has 2 atom stereocenters. The van der Waals surface area contributed by atoms with E-state index in [4.69, 9.17) is 0 Å². The maximum absolute atomic E-state index is 14.3. The number of tetrazole rings is 1. The summed E-state index contributed by atoms with van der Waals surface area (Å²) in [6.45, 7) is 0.00696. The lowest BCUT2D eigenvalue weighted by Crippen LogP contribution is -2.25. The lowest BCUT2D eigenvalue weighted by molar-refractivity contribution is 0.356. The van der Waals surface area contributed by atoms with Crippen molar-refractivity contribution in [3.63, 3.8) is 0 Å². The Morgan fingerprint density at radius 1 is 1.14 bits per heavy atom. The molecule has 0 unspecified atom stereocenters. The van der Waals surface area contributed by atoms with E-state index in [-0.39, 0.29) is 18.5 Å². The van der Waals surface area contributed by atoms with Gasteiger partial charge in [-0.05, 0) is 29.5 Å². The van der Waals surface area contributed by atoms with Gasteiger partial charge in [-0.3, -0.25) is 5.10 Å². The van der Waals surface area contributed by atoms with Crippen LogP contribution in [0.25, 0.3) is 22.4 Å². The predicted molar refractivity (Wildman–Crippen MR) is 93.0 cm³/mol. The van der Waals surface area contributed by atoms with Gasteiger partial charge < -0.3 is 4.90 Å². The average Bonchev–Trinajstić information content (AvgIpc) is 3.42. The van der Waals surface area contributed by atoms with Crippen molar-refractivity contribution in [3.8, 4) is 11.4 Å². The molecule has 0 saturated carbocycles. The fraction of sp³-hybridized carbons (Fsp3) is 0.235. The lowest BCUT2D eigenvalue weighted by atomic mass is 10.0. The Balaban J connectivity index is 1.61. The fourth-order valence-corrected chi connectivity index (χ4v) is 3.60. The molecule has 0 aliphatic carbocycles. The quantitative estimate of drug-likeness (QED) is 0.562. The summed E-state index contributed by atoms with van der Waals surface area (Å²) in [7, 11) is 0. The molecule has 4 heterocycles. The predicted octanol–water partition coefficient (Wildman–Crippen LogP) is 2.71. The highest BCUT2D eigenvalue weighted by Crippen LogP contribution is 2.40. The van der Waals surface area contributed by atoms with Crippen molar-refractivity contribution < 1.29 is 13.2 Å². The molecule has 0 bridgehead atoms. The van der Waals surface area contributed by atoms with E-state index in [1.807, 2.05) is 0 Å². The first-order valence-electron chi connectivity index (χ1n) is 8.54. The second-order valence-corrected chi connectivity index (χ2v) is 6.57. The number of rotatable bonds is 3. The molecule has 4 aromatic rings. The van der Waals surface area contributed by atoms with Crippen LogP contribution in [-0.2, 0) is 0 Å².